The van der Waals surface area contributed by atoms with E-state index < -0.39 is 28.9 Å². The number of hydrogen-bond acceptors (Lipinski definition) is 8. The first-order valence-corrected chi connectivity index (χ1v) is 14.2. The van der Waals surface area contributed by atoms with Gasteiger partial charge in [0.15, 0.2) is 5.79 Å². The molecule has 2 heterocycles. The van der Waals surface area contributed by atoms with Crippen LogP contribution in [0.3, 0.4) is 0 Å². The quantitative estimate of drug-likeness (QED) is 0.390. The summed E-state index contributed by atoms with van der Waals surface area (Å²) < 4.78 is 35.9. The summed E-state index contributed by atoms with van der Waals surface area (Å²) in [4.78, 5) is 27.7. The fourth-order valence-electron chi connectivity index (χ4n) is 5.32. The second kappa shape index (κ2) is 13.1. The summed E-state index contributed by atoms with van der Waals surface area (Å²) in [7, 11) is 3.24. The molecule has 2 aliphatic heterocycles. The number of esters is 2. The molecule has 2 aliphatic rings. The molecule has 8 heteroatoms. The molecule has 8 nitrogen and oxygen atoms in total. The van der Waals surface area contributed by atoms with Crippen molar-refractivity contribution < 1.29 is 38.0 Å². The van der Waals surface area contributed by atoms with Crippen LogP contribution in [0.25, 0.3) is 0 Å². The van der Waals surface area contributed by atoms with Gasteiger partial charge in [0.25, 0.3) is 0 Å². The molecule has 0 amide bonds. The second-order valence-corrected chi connectivity index (χ2v) is 12.6. The Hall–Kier alpha value is -2.00. The lowest BCUT2D eigenvalue weighted by Crippen LogP contribution is -2.42. The minimum absolute atomic E-state index is 0.108. The maximum atomic E-state index is 13.9. The summed E-state index contributed by atoms with van der Waals surface area (Å²) in [5, 5.41) is 0. The highest BCUT2D eigenvalue weighted by Gasteiger charge is 2.42. The van der Waals surface area contributed by atoms with Crippen molar-refractivity contribution in [2.45, 2.75) is 130 Å². The number of benzene rings is 1. The van der Waals surface area contributed by atoms with Crippen LogP contribution in [-0.2, 0) is 54.7 Å². The monoisotopic (exact) mass is 548 g/mol. The second-order valence-electron chi connectivity index (χ2n) is 12.6. The van der Waals surface area contributed by atoms with E-state index in [9.17, 15) is 9.59 Å². The molecular formula is C31H48O8. The minimum Gasteiger partial charge on any atom is -0.456 e. The average Bonchev–Trinajstić information content (AvgIpc) is 2.83. The van der Waals surface area contributed by atoms with Crippen LogP contribution >= 0.6 is 0 Å². The molecule has 1 atom stereocenters. The van der Waals surface area contributed by atoms with Crippen LogP contribution < -0.4 is 0 Å². The smallest absolute Gasteiger partial charge is 0.339 e. The van der Waals surface area contributed by atoms with Crippen molar-refractivity contribution in [2.24, 2.45) is 0 Å². The number of carbonyl (C=O) groups is 2. The lowest BCUT2D eigenvalue weighted by Gasteiger charge is -2.40. The van der Waals surface area contributed by atoms with E-state index in [1.54, 1.807) is 35.0 Å². The molecule has 0 N–H and O–H groups in total. The van der Waals surface area contributed by atoms with Crippen molar-refractivity contribution in [3.05, 3.63) is 33.4 Å². The lowest BCUT2D eigenvalue weighted by atomic mass is 9.81. The van der Waals surface area contributed by atoms with Crippen molar-refractivity contribution in [3.63, 3.8) is 0 Å². The van der Waals surface area contributed by atoms with E-state index in [1.807, 2.05) is 20.8 Å². The fourth-order valence-corrected chi connectivity index (χ4v) is 5.32. The summed E-state index contributed by atoms with van der Waals surface area (Å²) in [6, 6.07) is 0. The van der Waals surface area contributed by atoms with Gasteiger partial charge in [-0.3, -0.25) is 0 Å². The number of carbonyl (C=O) groups excluding carboxylic acids is 2. The van der Waals surface area contributed by atoms with E-state index in [-0.39, 0.29) is 30.9 Å². The largest absolute Gasteiger partial charge is 0.456 e. The molecular weight excluding hydrogens is 500 g/mol. The summed E-state index contributed by atoms with van der Waals surface area (Å²) in [6.45, 7) is 11.9. The molecule has 0 spiro atoms. The van der Waals surface area contributed by atoms with Crippen LogP contribution in [0.15, 0.2) is 0 Å². The molecule has 1 aromatic carbocycles. The first-order valence-electron chi connectivity index (χ1n) is 14.2. The van der Waals surface area contributed by atoms with Crippen molar-refractivity contribution in [3.8, 4) is 0 Å². The summed E-state index contributed by atoms with van der Waals surface area (Å²) in [6.07, 6.45) is 7.59. The van der Waals surface area contributed by atoms with Gasteiger partial charge in [-0.05, 0) is 76.6 Å². The zero-order chi connectivity index (χ0) is 28.8. The molecule has 0 radical (unpaired) electrons. The van der Waals surface area contributed by atoms with Crippen LogP contribution in [-0.4, -0.2) is 49.8 Å². The van der Waals surface area contributed by atoms with Gasteiger partial charge in [-0.25, -0.2) is 9.59 Å². The Kier molecular flexibility index (Phi) is 10.6. The predicted molar refractivity (Wildman–Crippen MR) is 148 cm³/mol. The summed E-state index contributed by atoms with van der Waals surface area (Å²) >= 11 is 0. The van der Waals surface area contributed by atoms with Gasteiger partial charge in [0, 0.05) is 33.7 Å². The van der Waals surface area contributed by atoms with Crippen molar-refractivity contribution in [1.82, 2.24) is 0 Å². The molecule has 0 aliphatic carbocycles. The molecule has 0 aromatic heterocycles. The lowest BCUT2D eigenvalue weighted by molar-refractivity contribution is -0.240. The Balaban J connectivity index is 2.32. The predicted octanol–water partition coefficient (Wildman–Crippen LogP) is 6.42. The Morgan fingerprint density at radius 3 is 1.95 bits per heavy atom. The van der Waals surface area contributed by atoms with Gasteiger partial charge in [0.2, 0.25) is 0 Å². The Bertz CT molecular complexity index is 1020. The SMILES string of the molecule is COCc1c2c3c(c(C(=O)OC(C)(C)C)c1C(=O)OC(C)(C)C)COCCCCCCCCC(OC)(C3)OC2. The molecule has 3 rings (SSSR count). The van der Waals surface area contributed by atoms with E-state index in [0.717, 1.165) is 49.7 Å². The topological polar surface area (TPSA) is 89.5 Å². The van der Waals surface area contributed by atoms with E-state index in [4.69, 9.17) is 28.4 Å². The normalized spacial score (nSPS) is 21.1. The van der Waals surface area contributed by atoms with Gasteiger partial charge in [-0.15, -0.1) is 0 Å². The molecule has 39 heavy (non-hydrogen) atoms. The number of methoxy groups -OCH3 is 2. The van der Waals surface area contributed by atoms with Crippen molar-refractivity contribution in [1.29, 1.82) is 0 Å². The van der Waals surface area contributed by atoms with Crippen molar-refractivity contribution >= 4 is 11.9 Å². The highest BCUT2D eigenvalue weighted by molar-refractivity contribution is 6.06. The summed E-state index contributed by atoms with van der Waals surface area (Å²) in [5.74, 6) is -2.01. The first-order chi connectivity index (χ1) is 18.3. The third kappa shape index (κ3) is 8.26. The van der Waals surface area contributed by atoms with Gasteiger partial charge < -0.3 is 28.4 Å². The third-order valence-electron chi connectivity index (χ3n) is 7.08. The van der Waals surface area contributed by atoms with Crippen LogP contribution in [0.5, 0.6) is 0 Å². The molecule has 220 valence electrons. The third-order valence-corrected chi connectivity index (χ3v) is 7.08. The number of hydrogen-bond donors (Lipinski definition) is 0. The zero-order valence-electron chi connectivity index (χ0n) is 25.3. The van der Waals surface area contributed by atoms with Crippen LogP contribution in [0.2, 0.25) is 0 Å². The number of rotatable bonds is 5. The Morgan fingerprint density at radius 1 is 0.769 bits per heavy atom. The molecule has 1 unspecified atom stereocenters. The van der Waals surface area contributed by atoms with Gasteiger partial charge in [-0.1, -0.05) is 25.7 Å². The van der Waals surface area contributed by atoms with E-state index in [2.05, 4.69) is 0 Å². The molecule has 0 saturated heterocycles. The number of fused-ring (bicyclic) bond motifs is 1. The Labute approximate surface area is 234 Å². The minimum atomic E-state index is -0.825. The maximum absolute atomic E-state index is 13.9. The molecule has 0 saturated carbocycles. The maximum Gasteiger partial charge on any atom is 0.339 e. The highest BCUT2D eigenvalue weighted by atomic mass is 16.7. The van der Waals surface area contributed by atoms with E-state index >= 15 is 0 Å². The van der Waals surface area contributed by atoms with Crippen LogP contribution in [0.4, 0.5) is 0 Å². The van der Waals surface area contributed by atoms with Gasteiger partial charge in [-0.2, -0.15) is 0 Å². The average molecular weight is 549 g/mol. The fraction of sp³-hybridized carbons (Fsp3) is 0.742. The highest BCUT2D eigenvalue weighted by Crippen LogP contribution is 2.41. The van der Waals surface area contributed by atoms with Gasteiger partial charge in [0.05, 0.1) is 30.9 Å². The van der Waals surface area contributed by atoms with Gasteiger partial charge >= 0.3 is 11.9 Å². The first kappa shape index (κ1) is 31.5. The van der Waals surface area contributed by atoms with Gasteiger partial charge in [0.1, 0.15) is 11.2 Å². The zero-order valence-corrected chi connectivity index (χ0v) is 25.3. The van der Waals surface area contributed by atoms with E-state index in [1.165, 1.54) is 6.42 Å². The summed E-state index contributed by atoms with van der Waals surface area (Å²) in [5.41, 5.74) is 1.75. The van der Waals surface area contributed by atoms with E-state index in [0.29, 0.717) is 24.2 Å². The Morgan fingerprint density at radius 2 is 1.36 bits per heavy atom. The van der Waals surface area contributed by atoms with Crippen molar-refractivity contribution in [2.75, 3.05) is 20.8 Å². The van der Waals surface area contributed by atoms with Crippen LogP contribution in [0, 0.1) is 0 Å². The molecule has 2 bridgehead atoms. The standard InChI is InChI=1S/C31H48O8/c1-29(2,3)38-27(32)25-23(18-34-7)22-20-37-31(35-8)15-13-11-9-10-12-14-16-36-19-24(21(22)17-31)26(25)28(33)39-30(4,5)6/h9-20H2,1-8H3. The number of ether oxygens (including phenoxy) is 6. The van der Waals surface area contributed by atoms with Crippen LogP contribution in [0.1, 0.15) is 129 Å². The molecule has 0 fully saturated rings. The molecule has 1 aromatic rings.